The van der Waals surface area contributed by atoms with Crippen molar-refractivity contribution in [2.45, 2.75) is 19.5 Å². The Morgan fingerprint density at radius 2 is 1.17 bits per heavy atom. The second kappa shape index (κ2) is 6.97. The van der Waals surface area contributed by atoms with E-state index < -0.39 is 0 Å². The molecule has 1 heteroatoms. The maximum absolute atomic E-state index is 3.97. The van der Waals surface area contributed by atoms with Gasteiger partial charge >= 0.3 is 0 Å². The molecule has 2 aromatic carbocycles. The van der Waals surface area contributed by atoms with Gasteiger partial charge in [0.15, 0.2) is 0 Å². The summed E-state index contributed by atoms with van der Waals surface area (Å²) in [6, 6.07) is 21.2. The largest absolute Gasteiger partial charge is 0.295 e. The van der Waals surface area contributed by atoms with Crippen LogP contribution in [-0.2, 0) is 13.1 Å². The average molecular weight is 238 g/mol. The molecule has 0 heterocycles. The van der Waals surface area contributed by atoms with Gasteiger partial charge in [0, 0.05) is 13.1 Å². The quantitative estimate of drug-likeness (QED) is 0.737. The maximum atomic E-state index is 3.97. The van der Waals surface area contributed by atoms with Crippen molar-refractivity contribution in [1.29, 1.82) is 0 Å². The highest BCUT2D eigenvalue weighted by Crippen LogP contribution is 2.10. The molecule has 0 aliphatic rings. The van der Waals surface area contributed by atoms with E-state index in [1.807, 2.05) is 0 Å². The molecule has 0 fully saturated rings. The van der Waals surface area contributed by atoms with Gasteiger partial charge in [-0.05, 0) is 24.1 Å². The lowest BCUT2D eigenvalue weighted by atomic mass is 10.1. The minimum Gasteiger partial charge on any atom is -0.295 e. The second-order valence-electron chi connectivity index (χ2n) is 4.54. The summed E-state index contributed by atoms with van der Waals surface area (Å²) in [6.45, 7) is 6.98. The first-order chi connectivity index (χ1) is 8.88. The SMILES string of the molecule is [CH2]CCN(Cc1ccccc1)Cc1ccccc1. The van der Waals surface area contributed by atoms with Crippen molar-refractivity contribution in [3.8, 4) is 0 Å². The van der Waals surface area contributed by atoms with E-state index in [4.69, 9.17) is 0 Å². The number of rotatable bonds is 6. The molecule has 2 rings (SSSR count). The van der Waals surface area contributed by atoms with Crippen molar-refractivity contribution in [3.05, 3.63) is 78.7 Å². The fourth-order valence-corrected chi connectivity index (χ4v) is 2.12. The van der Waals surface area contributed by atoms with Crippen molar-refractivity contribution in [2.75, 3.05) is 6.54 Å². The highest BCUT2D eigenvalue weighted by atomic mass is 15.1. The normalized spacial score (nSPS) is 10.8. The molecule has 18 heavy (non-hydrogen) atoms. The van der Waals surface area contributed by atoms with E-state index >= 15 is 0 Å². The molecule has 0 bridgehead atoms. The van der Waals surface area contributed by atoms with Crippen LogP contribution in [0.3, 0.4) is 0 Å². The van der Waals surface area contributed by atoms with Crippen LogP contribution in [0.15, 0.2) is 60.7 Å². The first kappa shape index (κ1) is 12.8. The smallest absolute Gasteiger partial charge is 0.0237 e. The zero-order valence-corrected chi connectivity index (χ0v) is 10.8. The summed E-state index contributed by atoms with van der Waals surface area (Å²) in [5, 5.41) is 0. The molecule has 93 valence electrons. The van der Waals surface area contributed by atoms with E-state index in [1.165, 1.54) is 11.1 Å². The standard InChI is InChI=1S/C17H20N/c1-2-13-18(14-16-9-5-3-6-10-16)15-17-11-7-4-8-12-17/h3-12H,1-2,13-15H2. The van der Waals surface area contributed by atoms with E-state index in [-0.39, 0.29) is 0 Å². The summed E-state index contributed by atoms with van der Waals surface area (Å²) < 4.78 is 0. The van der Waals surface area contributed by atoms with Crippen LogP contribution in [0.4, 0.5) is 0 Å². The Kier molecular flexibility index (Phi) is 4.98. The van der Waals surface area contributed by atoms with Crippen LogP contribution in [0.1, 0.15) is 17.5 Å². The molecule has 1 radical (unpaired) electrons. The van der Waals surface area contributed by atoms with Gasteiger partial charge in [-0.15, -0.1) is 0 Å². The van der Waals surface area contributed by atoms with Gasteiger partial charge in [-0.25, -0.2) is 0 Å². The van der Waals surface area contributed by atoms with Crippen LogP contribution >= 0.6 is 0 Å². The molecule has 1 nitrogen and oxygen atoms in total. The molecule has 0 aliphatic carbocycles. The molecule has 0 aliphatic heterocycles. The summed E-state index contributed by atoms with van der Waals surface area (Å²) in [6.07, 6.45) is 0.944. The summed E-state index contributed by atoms with van der Waals surface area (Å²) in [4.78, 5) is 2.44. The highest BCUT2D eigenvalue weighted by molar-refractivity contribution is 5.17. The summed E-state index contributed by atoms with van der Waals surface area (Å²) >= 11 is 0. The van der Waals surface area contributed by atoms with Gasteiger partial charge in [-0.3, -0.25) is 4.90 Å². The van der Waals surface area contributed by atoms with Gasteiger partial charge in [-0.1, -0.05) is 67.6 Å². The monoisotopic (exact) mass is 238 g/mol. The van der Waals surface area contributed by atoms with Crippen molar-refractivity contribution in [1.82, 2.24) is 4.90 Å². The van der Waals surface area contributed by atoms with E-state index in [1.54, 1.807) is 0 Å². The Bertz CT molecular complexity index is 394. The van der Waals surface area contributed by atoms with Crippen LogP contribution in [0.2, 0.25) is 0 Å². The topological polar surface area (TPSA) is 3.24 Å². The molecular formula is C17H20N. The third-order valence-corrected chi connectivity index (χ3v) is 2.97. The van der Waals surface area contributed by atoms with E-state index in [9.17, 15) is 0 Å². The Labute approximate surface area is 110 Å². The molecule has 0 aromatic heterocycles. The molecule has 0 unspecified atom stereocenters. The number of nitrogens with zero attached hydrogens (tertiary/aromatic N) is 1. The molecular weight excluding hydrogens is 218 g/mol. The number of hydrogen-bond acceptors (Lipinski definition) is 1. The third-order valence-electron chi connectivity index (χ3n) is 2.97. The van der Waals surface area contributed by atoms with E-state index in [0.29, 0.717) is 0 Å². The molecule has 0 atom stereocenters. The van der Waals surface area contributed by atoms with Crippen molar-refractivity contribution in [3.63, 3.8) is 0 Å². The van der Waals surface area contributed by atoms with E-state index in [0.717, 1.165) is 26.1 Å². The number of benzene rings is 2. The Morgan fingerprint density at radius 3 is 1.56 bits per heavy atom. The maximum Gasteiger partial charge on any atom is 0.0237 e. The summed E-state index contributed by atoms with van der Waals surface area (Å²) in [7, 11) is 0. The van der Waals surface area contributed by atoms with Crippen molar-refractivity contribution in [2.24, 2.45) is 0 Å². The molecule has 0 N–H and O–H groups in total. The van der Waals surface area contributed by atoms with Gasteiger partial charge < -0.3 is 0 Å². The summed E-state index contributed by atoms with van der Waals surface area (Å²) in [5.74, 6) is 0. The summed E-state index contributed by atoms with van der Waals surface area (Å²) in [5.41, 5.74) is 2.73. The third kappa shape index (κ3) is 4.01. The molecule has 0 spiro atoms. The Balaban J connectivity index is 2.00. The van der Waals surface area contributed by atoms with Crippen LogP contribution in [0, 0.1) is 6.92 Å². The lowest BCUT2D eigenvalue weighted by Crippen LogP contribution is -2.23. The zero-order chi connectivity index (χ0) is 12.6. The van der Waals surface area contributed by atoms with Crippen LogP contribution in [0.5, 0.6) is 0 Å². The number of hydrogen-bond donors (Lipinski definition) is 0. The Hall–Kier alpha value is -1.60. The lowest BCUT2D eigenvalue weighted by molar-refractivity contribution is 0.261. The fourth-order valence-electron chi connectivity index (χ4n) is 2.12. The van der Waals surface area contributed by atoms with Crippen molar-refractivity contribution < 1.29 is 0 Å². The van der Waals surface area contributed by atoms with Crippen LogP contribution in [-0.4, -0.2) is 11.4 Å². The van der Waals surface area contributed by atoms with Gasteiger partial charge in [0.1, 0.15) is 0 Å². The van der Waals surface area contributed by atoms with Crippen molar-refractivity contribution >= 4 is 0 Å². The van der Waals surface area contributed by atoms with Crippen LogP contribution < -0.4 is 0 Å². The molecule has 2 aromatic rings. The van der Waals surface area contributed by atoms with Gasteiger partial charge in [0.05, 0.1) is 0 Å². The minimum atomic E-state index is 0.944. The second-order valence-corrected chi connectivity index (χ2v) is 4.54. The fraction of sp³-hybridized carbons (Fsp3) is 0.235. The average Bonchev–Trinajstić information content (AvgIpc) is 2.41. The van der Waals surface area contributed by atoms with Gasteiger partial charge in [-0.2, -0.15) is 0 Å². The predicted octanol–water partition coefficient (Wildman–Crippen LogP) is 3.91. The Morgan fingerprint density at radius 1 is 0.722 bits per heavy atom. The highest BCUT2D eigenvalue weighted by Gasteiger charge is 2.05. The van der Waals surface area contributed by atoms with E-state index in [2.05, 4.69) is 72.5 Å². The minimum absolute atomic E-state index is 0.944. The lowest BCUT2D eigenvalue weighted by Gasteiger charge is -2.21. The van der Waals surface area contributed by atoms with Gasteiger partial charge in [0.2, 0.25) is 0 Å². The molecule has 0 saturated heterocycles. The molecule has 0 amide bonds. The van der Waals surface area contributed by atoms with Gasteiger partial charge in [0.25, 0.3) is 0 Å². The zero-order valence-electron chi connectivity index (χ0n) is 10.8. The van der Waals surface area contributed by atoms with Crippen LogP contribution in [0.25, 0.3) is 0 Å². The first-order valence-electron chi connectivity index (χ1n) is 6.48. The first-order valence-corrected chi connectivity index (χ1v) is 6.48. The predicted molar refractivity (Wildman–Crippen MR) is 77.0 cm³/mol. The molecule has 0 saturated carbocycles.